The highest BCUT2D eigenvalue weighted by Crippen LogP contribution is 2.66. The van der Waals surface area contributed by atoms with Crippen LogP contribution in [0.25, 0.3) is 0 Å². The zero-order valence-corrected chi connectivity index (χ0v) is 21.2. The number of allylic oxidation sites excluding steroid dienone is 4. The fraction of sp³-hybridized carbons (Fsp3) is 0.481. The van der Waals surface area contributed by atoms with Crippen LogP contribution in [0.5, 0.6) is 5.75 Å². The summed E-state index contributed by atoms with van der Waals surface area (Å²) in [5.74, 6) is -0.309. The number of rotatable bonds is 4. The van der Waals surface area contributed by atoms with Crippen molar-refractivity contribution in [3.63, 3.8) is 0 Å². The van der Waals surface area contributed by atoms with Gasteiger partial charge in [-0.1, -0.05) is 38.1 Å². The molecule has 9 nitrogen and oxygen atoms in total. The first-order valence-electron chi connectivity index (χ1n) is 12.2. The van der Waals surface area contributed by atoms with E-state index in [0.717, 1.165) is 10.1 Å². The van der Waals surface area contributed by atoms with E-state index in [4.69, 9.17) is 4.74 Å². The molecule has 2 aromatic rings. The van der Waals surface area contributed by atoms with Crippen LogP contribution < -0.4 is 16.1 Å². The average Bonchev–Trinajstić information content (AvgIpc) is 3.10. The number of hydrogen-bond donors (Lipinski definition) is 1. The molecule has 1 aromatic carbocycles. The second-order valence-electron chi connectivity index (χ2n) is 10.5. The molecule has 5 rings (SSSR count). The molecule has 0 saturated heterocycles. The number of carbonyl (C=O) groups is 2. The van der Waals surface area contributed by atoms with Gasteiger partial charge in [-0.25, -0.2) is 23.5 Å². The fourth-order valence-electron chi connectivity index (χ4n) is 6.66. The van der Waals surface area contributed by atoms with Crippen LogP contribution in [0.4, 0.5) is 0 Å². The number of aliphatic hydroxyl groups excluding tert-OH is 1. The van der Waals surface area contributed by atoms with Crippen LogP contribution in [-0.4, -0.2) is 43.8 Å². The average molecular weight is 494 g/mol. The molecule has 0 radical (unpaired) electrons. The maximum absolute atomic E-state index is 14.2. The van der Waals surface area contributed by atoms with E-state index in [1.54, 1.807) is 19.9 Å². The van der Waals surface area contributed by atoms with Crippen LogP contribution in [0.3, 0.4) is 0 Å². The molecule has 0 amide bonds. The van der Waals surface area contributed by atoms with E-state index in [2.05, 4.69) is 0 Å². The van der Waals surface area contributed by atoms with Crippen molar-refractivity contribution in [2.75, 3.05) is 13.2 Å². The van der Waals surface area contributed by atoms with Crippen molar-refractivity contribution < 1.29 is 19.4 Å². The highest BCUT2D eigenvalue weighted by Gasteiger charge is 2.67. The predicted octanol–water partition coefficient (Wildman–Crippen LogP) is 1.89. The van der Waals surface area contributed by atoms with Gasteiger partial charge in [0.05, 0.1) is 24.6 Å². The molecule has 0 unspecified atom stereocenters. The number of nitrogens with zero attached hydrogens (tertiary/aromatic N) is 3. The van der Waals surface area contributed by atoms with E-state index in [-0.39, 0.29) is 37.7 Å². The Labute approximate surface area is 208 Å². The van der Waals surface area contributed by atoms with Gasteiger partial charge in [-0.2, -0.15) is 0 Å². The minimum Gasteiger partial charge on any atom is -0.491 e. The van der Waals surface area contributed by atoms with Crippen molar-refractivity contribution in [3.05, 3.63) is 73.6 Å². The quantitative estimate of drug-likeness (QED) is 0.651. The van der Waals surface area contributed by atoms with E-state index in [1.165, 1.54) is 16.4 Å². The summed E-state index contributed by atoms with van der Waals surface area (Å²) >= 11 is 0. The number of para-hydroxylation sites is 1. The Morgan fingerprint density at radius 3 is 2.39 bits per heavy atom. The highest BCUT2D eigenvalue weighted by molar-refractivity contribution is 6.17. The Balaban J connectivity index is 1.84. The number of aromatic nitrogens is 3. The zero-order chi connectivity index (χ0) is 26.2. The maximum atomic E-state index is 14.2. The molecule has 1 fully saturated rings. The molecule has 2 aliphatic carbocycles. The van der Waals surface area contributed by atoms with E-state index >= 15 is 0 Å². The van der Waals surface area contributed by atoms with Crippen LogP contribution in [-0.2, 0) is 23.2 Å². The molecule has 0 spiro atoms. The third-order valence-corrected chi connectivity index (χ3v) is 8.88. The second kappa shape index (κ2) is 8.03. The molecule has 2 heterocycles. The van der Waals surface area contributed by atoms with Crippen molar-refractivity contribution in [1.82, 2.24) is 13.9 Å². The number of carbonyl (C=O) groups excluding carboxylic acids is 2. The molecule has 4 atom stereocenters. The van der Waals surface area contributed by atoms with Crippen molar-refractivity contribution in [2.45, 2.75) is 52.6 Å². The first kappa shape index (κ1) is 24.2. The van der Waals surface area contributed by atoms with E-state index in [9.17, 15) is 24.3 Å². The lowest BCUT2D eigenvalue weighted by atomic mass is 9.43. The molecule has 190 valence electrons. The van der Waals surface area contributed by atoms with Crippen LogP contribution in [0, 0.1) is 10.8 Å². The van der Waals surface area contributed by atoms with Gasteiger partial charge in [0.1, 0.15) is 12.4 Å². The monoisotopic (exact) mass is 493 g/mol. The topological polar surface area (TPSA) is 113 Å². The largest absolute Gasteiger partial charge is 0.491 e. The maximum Gasteiger partial charge on any atom is 0.347 e. The van der Waals surface area contributed by atoms with Gasteiger partial charge in [0.2, 0.25) is 0 Å². The number of hydrogen-bond acceptors (Lipinski definition) is 6. The SMILES string of the molecule is CC1=C(C)C(=O)[C@@]2(C)[C@@H](c3ccccc3OCCO)C3=CCn4c(=O)n(C)c(=O)n4[C@@H]3C[C@@]2(C)C1=O. The van der Waals surface area contributed by atoms with Gasteiger partial charge in [0.25, 0.3) is 0 Å². The third kappa shape index (κ3) is 2.86. The van der Waals surface area contributed by atoms with Gasteiger partial charge >= 0.3 is 11.4 Å². The van der Waals surface area contributed by atoms with Crippen LogP contribution in [0.1, 0.15) is 51.6 Å². The molecular formula is C27H31N3O6. The summed E-state index contributed by atoms with van der Waals surface area (Å²) in [6, 6.07) is 6.74. The van der Waals surface area contributed by atoms with Gasteiger partial charge in [-0.15, -0.1) is 0 Å². The number of benzene rings is 1. The summed E-state index contributed by atoms with van der Waals surface area (Å²) in [5.41, 5.74) is -0.764. The molecule has 9 heteroatoms. The van der Waals surface area contributed by atoms with E-state index in [0.29, 0.717) is 22.5 Å². The van der Waals surface area contributed by atoms with Crippen molar-refractivity contribution in [2.24, 2.45) is 17.9 Å². The number of ether oxygens (including phenoxy) is 1. The van der Waals surface area contributed by atoms with Gasteiger partial charge in [-0.3, -0.25) is 9.59 Å². The van der Waals surface area contributed by atoms with Gasteiger partial charge < -0.3 is 9.84 Å². The van der Waals surface area contributed by atoms with Crippen molar-refractivity contribution >= 4 is 11.6 Å². The lowest BCUT2D eigenvalue weighted by Gasteiger charge is -2.58. The number of aliphatic hydroxyl groups is 1. The van der Waals surface area contributed by atoms with Gasteiger partial charge in [-0.05, 0) is 43.1 Å². The van der Waals surface area contributed by atoms with Gasteiger partial charge in [0.15, 0.2) is 11.6 Å². The predicted molar refractivity (Wildman–Crippen MR) is 132 cm³/mol. The number of ketones is 2. The smallest absolute Gasteiger partial charge is 0.347 e. The van der Waals surface area contributed by atoms with Crippen LogP contribution in [0.2, 0.25) is 0 Å². The summed E-state index contributed by atoms with van der Waals surface area (Å²) in [6.07, 6.45) is 2.13. The Hall–Kier alpha value is -3.46. The van der Waals surface area contributed by atoms with Crippen molar-refractivity contribution in [1.29, 1.82) is 0 Å². The third-order valence-electron chi connectivity index (χ3n) is 8.88. The Morgan fingerprint density at radius 1 is 1.03 bits per heavy atom. The normalized spacial score (nSPS) is 29.4. The first-order chi connectivity index (χ1) is 17.0. The van der Waals surface area contributed by atoms with Crippen molar-refractivity contribution in [3.8, 4) is 5.75 Å². The molecule has 0 bridgehead atoms. The minimum absolute atomic E-state index is 0.0722. The van der Waals surface area contributed by atoms with Crippen LogP contribution in [0.15, 0.2) is 56.6 Å². The molecule has 36 heavy (non-hydrogen) atoms. The first-order valence-corrected chi connectivity index (χ1v) is 12.2. The summed E-state index contributed by atoms with van der Waals surface area (Å²) in [6.45, 7) is 7.13. The molecule has 1 saturated carbocycles. The molecule has 3 aliphatic rings. The van der Waals surface area contributed by atoms with Gasteiger partial charge in [0, 0.05) is 23.9 Å². The Kier molecular flexibility index (Phi) is 5.41. The molecule has 1 N–H and O–H groups in total. The summed E-state index contributed by atoms with van der Waals surface area (Å²) in [5, 5.41) is 9.39. The molecule has 1 aromatic heterocycles. The highest BCUT2D eigenvalue weighted by atomic mass is 16.5. The summed E-state index contributed by atoms with van der Waals surface area (Å²) in [7, 11) is 1.44. The summed E-state index contributed by atoms with van der Waals surface area (Å²) < 4.78 is 9.81. The minimum atomic E-state index is -1.16. The Bertz CT molecular complexity index is 1490. The fourth-order valence-corrected chi connectivity index (χ4v) is 6.66. The zero-order valence-electron chi connectivity index (χ0n) is 21.2. The molecule has 1 aliphatic heterocycles. The standard InChI is InChI=1S/C27H31N3O6/c1-15-16(2)23(33)27(4)21(18-8-6-7-9-20(18)36-13-12-31)17-10-11-29-24(34)28(5)25(35)30(29)19(17)14-26(27,3)22(15)32/h6-10,19,21,31H,11-14H2,1-5H3/t19-,21-,26+,27-/m1/s1. The Morgan fingerprint density at radius 2 is 1.69 bits per heavy atom. The van der Waals surface area contributed by atoms with E-state index in [1.807, 2.05) is 38.1 Å². The van der Waals surface area contributed by atoms with E-state index < -0.39 is 34.2 Å². The van der Waals surface area contributed by atoms with Crippen LogP contribution >= 0.6 is 0 Å². The number of Topliss-reactive ketones (excluding diaryl/α,β-unsaturated/α-hetero) is 2. The lowest BCUT2D eigenvalue weighted by Crippen LogP contribution is -2.61. The number of fused-ring (bicyclic) bond motifs is 4. The summed E-state index contributed by atoms with van der Waals surface area (Å²) in [4.78, 5) is 54.1. The lowest BCUT2D eigenvalue weighted by molar-refractivity contribution is -0.151. The molecular weight excluding hydrogens is 462 g/mol. The second-order valence-corrected chi connectivity index (χ2v) is 10.5.